The second-order valence-electron chi connectivity index (χ2n) is 5.41. The summed E-state index contributed by atoms with van der Waals surface area (Å²) in [5.74, 6) is -0.312. The highest BCUT2D eigenvalue weighted by molar-refractivity contribution is 5.62. The van der Waals surface area contributed by atoms with Crippen molar-refractivity contribution in [2.24, 2.45) is 0 Å². The Morgan fingerprint density at radius 1 is 1.24 bits per heavy atom. The Morgan fingerprint density at radius 2 is 2.00 bits per heavy atom. The van der Waals surface area contributed by atoms with Crippen molar-refractivity contribution in [3.63, 3.8) is 0 Å². The number of nitrogens with zero attached hydrogens (tertiary/aromatic N) is 2. The molecule has 130 valence electrons. The summed E-state index contributed by atoms with van der Waals surface area (Å²) < 4.78 is 46.2. The fourth-order valence-corrected chi connectivity index (χ4v) is 2.51. The Labute approximate surface area is 142 Å². The van der Waals surface area contributed by atoms with E-state index in [2.05, 4.69) is 21.1 Å². The zero-order valence-electron chi connectivity index (χ0n) is 13.0. The van der Waals surface area contributed by atoms with Crippen LogP contribution in [0, 0.1) is 11.3 Å². The predicted molar refractivity (Wildman–Crippen MR) is 82.6 cm³/mol. The van der Waals surface area contributed by atoms with Gasteiger partial charge in [-0.3, -0.25) is 0 Å². The minimum absolute atomic E-state index is 0.270. The summed E-state index contributed by atoms with van der Waals surface area (Å²) in [6, 6.07) is 10.7. The van der Waals surface area contributed by atoms with Crippen LogP contribution in [0.1, 0.15) is 17.4 Å². The molecular formula is C17H14F3N3O2. The maximum absolute atomic E-state index is 12.2. The van der Waals surface area contributed by atoms with Gasteiger partial charge >= 0.3 is 6.36 Å². The Hall–Kier alpha value is -2.63. The van der Waals surface area contributed by atoms with Crippen molar-refractivity contribution in [1.29, 1.82) is 5.26 Å². The number of halogens is 3. The van der Waals surface area contributed by atoms with E-state index in [1.165, 1.54) is 24.3 Å². The van der Waals surface area contributed by atoms with Crippen LogP contribution in [0.3, 0.4) is 0 Å². The van der Waals surface area contributed by atoms with Gasteiger partial charge in [-0.2, -0.15) is 5.26 Å². The van der Waals surface area contributed by atoms with Gasteiger partial charge in [0.1, 0.15) is 11.9 Å². The Kier molecular flexibility index (Phi) is 4.88. The smallest absolute Gasteiger partial charge is 0.406 e. The fourth-order valence-electron chi connectivity index (χ4n) is 2.51. The summed E-state index contributed by atoms with van der Waals surface area (Å²) in [7, 11) is 0. The molecule has 0 aliphatic carbocycles. The van der Waals surface area contributed by atoms with Crippen LogP contribution in [0.25, 0.3) is 11.3 Å². The average Bonchev–Trinajstić information content (AvgIpc) is 2.61. The molecular weight excluding hydrogens is 335 g/mol. The second-order valence-corrected chi connectivity index (χ2v) is 5.41. The number of hydrogen-bond donors (Lipinski definition) is 1. The van der Waals surface area contributed by atoms with Gasteiger partial charge in [0, 0.05) is 18.7 Å². The van der Waals surface area contributed by atoms with Crippen LogP contribution >= 0.6 is 0 Å². The lowest BCUT2D eigenvalue weighted by molar-refractivity contribution is -0.274. The molecule has 1 saturated heterocycles. The van der Waals surface area contributed by atoms with Crippen molar-refractivity contribution >= 4 is 0 Å². The van der Waals surface area contributed by atoms with E-state index in [4.69, 9.17) is 4.74 Å². The van der Waals surface area contributed by atoms with Crippen molar-refractivity contribution in [2.45, 2.75) is 12.5 Å². The van der Waals surface area contributed by atoms with E-state index in [0.717, 1.165) is 6.54 Å². The topological polar surface area (TPSA) is 67.2 Å². The molecule has 0 radical (unpaired) electrons. The first kappa shape index (κ1) is 17.2. The summed E-state index contributed by atoms with van der Waals surface area (Å²) >= 11 is 0. The minimum Gasteiger partial charge on any atom is -0.406 e. The predicted octanol–water partition coefficient (Wildman–Crippen LogP) is 3.18. The van der Waals surface area contributed by atoms with Crippen molar-refractivity contribution in [3.05, 3.63) is 47.7 Å². The molecule has 1 fully saturated rings. The SMILES string of the molecule is N#Cc1cc(-c2ccc(OC(F)(F)F)cc2)nc(C2CNCCO2)c1. The van der Waals surface area contributed by atoms with E-state index < -0.39 is 6.36 Å². The van der Waals surface area contributed by atoms with Crippen LogP contribution < -0.4 is 10.1 Å². The summed E-state index contributed by atoms with van der Waals surface area (Å²) in [6.45, 7) is 1.88. The average molecular weight is 349 g/mol. The monoisotopic (exact) mass is 349 g/mol. The maximum atomic E-state index is 12.2. The molecule has 0 spiro atoms. The first-order valence-corrected chi connectivity index (χ1v) is 7.55. The summed E-state index contributed by atoms with van der Waals surface area (Å²) in [5, 5.41) is 12.4. The zero-order chi connectivity index (χ0) is 17.9. The molecule has 8 heteroatoms. The van der Waals surface area contributed by atoms with E-state index in [-0.39, 0.29) is 11.9 Å². The third-order valence-corrected chi connectivity index (χ3v) is 3.62. The van der Waals surface area contributed by atoms with Gasteiger partial charge in [0.25, 0.3) is 0 Å². The van der Waals surface area contributed by atoms with Gasteiger partial charge in [0.15, 0.2) is 0 Å². The maximum Gasteiger partial charge on any atom is 0.573 e. The van der Waals surface area contributed by atoms with Gasteiger partial charge in [0.05, 0.1) is 29.6 Å². The number of hydrogen-bond acceptors (Lipinski definition) is 5. The van der Waals surface area contributed by atoms with Crippen LogP contribution in [0.5, 0.6) is 5.75 Å². The molecule has 2 heterocycles. The Morgan fingerprint density at radius 3 is 2.60 bits per heavy atom. The van der Waals surface area contributed by atoms with Crippen LogP contribution in [0.2, 0.25) is 0 Å². The van der Waals surface area contributed by atoms with Gasteiger partial charge < -0.3 is 14.8 Å². The standard InChI is InChI=1S/C17H14F3N3O2/c18-17(19,20)25-13-3-1-12(2-4-13)14-7-11(9-21)8-15(23-14)16-10-22-5-6-24-16/h1-4,7-8,16,22H,5-6,10H2. The van der Waals surface area contributed by atoms with Crippen LogP contribution in [-0.2, 0) is 4.74 Å². The third-order valence-electron chi connectivity index (χ3n) is 3.62. The molecule has 0 bridgehead atoms. The van der Waals surface area contributed by atoms with Crippen molar-refractivity contribution in [2.75, 3.05) is 19.7 Å². The summed E-state index contributed by atoms with van der Waals surface area (Å²) in [4.78, 5) is 4.50. The number of nitrogens with one attached hydrogen (secondary N) is 1. The van der Waals surface area contributed by atoms with Crippen molar-refractivity contribution in [3.8, 4) is 23.1 Å². The summed E-state index contributed by atoms with van der Waals surface area (Å²) in [6.07, 6.45) is -5.01. The summed E-state index contributed by atoms with van der Waals surface area (Å²) in [5.41, 5.74) is 2.08. The highest BCUT2D eigenvalue weighted by atomic mass is 19.4. The quantitative estimate of drug-likeness (QED) is 0.922. The van der Waals surface area contributed by atoms with E-state index in [0.29, 0.717) is 35.7 Å². The van der Waals surface area contributed by atoms with Crippen molar-refractivity contribution < 1.29 is 22.6 Å². The van der Waals surface area contributed by atoms with E-state index in [1.54, 1.807) is 12.1 Å². The van der Waals surface area contributed by atoms with E-state index in [9.17, 15) is 18.4 Å². The number of pyridine rings is 1. The number of ether oxygens (including phenoxy) is 2. The van der Waals surface area contributed by atoms with Crippen LogP contribution in [-0.4, -0.2) is 31.0 Å². The number of morpholine rings is 1. The third kappa shape index (κ3) is 4.47. The first-order valence-electron chi connectivity index (χ1n) is 7.55. The van der Waals surface area contributed by atoms with Crippen molar-refractivity contribution in [1.82, 2.24) is 10.3 Å². The minimum atomic E-state index is -4.74. The molecule has 1 aromatic carbocycles. The van der Waals surface area contributed by atoms with Crippen LogP contribution in [0.4, 0.5) is 13.2 Å². The normalized spacial score (nSPS) is 17.8. The fraction of sp³-hybridized carbons (Fsp3) is 0.294. The Bertz CT molecular complexity index is 779. The highest BCUT2D eigenvalue weighted by Gasteiger charge is 2.31. The van der Waals surface area contributed by atoms with Gasteiger partial charge in [-0.05, 0) is 36.4 Å². The molecule has 3 rings (SSSR count). The number of aromatic nitrogens is 1. The number of nitriles is 1. The molecule has 1 unspecified atom stereocenters. The van der Waals surface area contributed by atoms with Gasteiger partial charge in [-0.25, -0.2) is 4.98 Å². The number of rotatable bonds is 3. The zero-order valence-corrected chi connectivity index (χ0v) is 13.0. The number of benzene rings is 1. The molecule has 1 atom stereocenters. The molecule has 5 nitrogen and oxygen atoms in total. The lowest BCUT2D eigenvalue weighted by Gasteiger charge is -2.23. The highest BCUT2D eigenvalue weighted by Crippen LogP contribution is 2.28. The van der Waals surface area contributed by atoms with Gasteiger partial charge in [0.2, 0.25) is 0 Å². The van der Waals surface area contributed by atoms with Gasteiger partial charge in [-0.1, -0.05) is 0 Å². The Balaban J connectivity index is 1.89. The van der Waals surface area contributed by atoms with E-state index in [1.807, 2.05) is 0 Å². The second kappa shape index (κ2) is 7.09. The first-order chi connectivity index (χ1) is 11.9. The molecule has 2 aromatic rings. The lowest BCUT2D eigenvalue weighted by atomic mass is 10.1. The molecule has 1 aromatic heterocycles. The van der Waals surface area contributed by atoms with Gasteiger partial charge in [-0.15, -0.1) is 13.2 Å². The molecule has 25 heavy (non-hydrogen) atoms. The number of alkyl halides is 3. The van der Waals surface area contributed by atoms with Crippen LogP contribution in [0.15, 0.2) is 36.4 Å². The van der Waals surface area contributed by atoms with E-state index >= 15 is 0 Å². The largest absolute Gasteiger partial charge is 0.573 e. The molecule has 1 aliphatic rings. The lowest BCUT2D eigenvalue weighted by Crippen LogP contribution is -2.33. The molecule has 1 aliphatic heterocycles. The molecule has 0 amide bonds. The molecule has 0 saturated carbocycles. The molecule has 1 N–H and O–H groups in total.